The van der Waals surface area contributed by atoms with E-state index >= 15 is 0 Å². The first kappa shape index (κ1) is 22.1. The van der Waals surface area contributed by atoms with E-state index in [0.717, 1.165) is 11.4 Å². The van der Waals surface area contributed by atoms with Crippen LogP contribution in [0.5, 0.6) is 0 Å². The van der Waals surface area contributed by atoms with Crippen LogP contribution in [0.1, 0.15) is 25.3 Å². The maximum Gasteiger partial charge on any atom is 0.308 e. The number of esters is 1. The van der Waals surface area contributed by atoms with E-state index in [1.54, 1.807) is 0 Å². The lowest BCUT2D eigenvalue weighted by atomic mass is 10.2. The molecule has 1 aromatic rings. The molecule has 0 N–H and O–H groups in total. The molecule has 0 saturated heterocycles. The van der Waals surface area contributed by atoms with Crippen LogP contribution in [-0.4, -0.2) is 38.6 Å². The quantitative estimate of drug-likeness (QED) is 0.160. The zero-order chi connectivity index (χ0) is 18.5. The summed E-state index contributed by atoms with van der Waals surface area (Å²) in [4.78, 5) is 12.6. The van der Waals surface area contributed by atoms with Gasteiger partial charge in [0.05, 0.1) is 32.3 Å². The van der Waals surface area contributed by atoms with Crippen molar-refractivity contribution in [1.82, 2.24) is 0 Å². The number of alkyl halides is 1. The maximum absolute atomic E-state index is 11.8. The lowest BCUT2D eigenvalue weighted by molar-refractivity contribution is -0.144. The van der Waals surface area contributed by atoms with Crippen molar-refractivity contribution in [3.8, 4) is 0 Å². The van der Waals surface area contributed by atoms with E-state index in [1.165, 1.54) is 5.56 Å². The Morgan fingerprint density at radius 2 is 2.00 bits per heavy atom. The van der Waals surface area contributed by atoms with Gasteiger partial charge in [-0.25, -0.2) is 0 Å². The number of hydrogen-bond acceptors (Lipinski definition) is 4. The molecule has 0 radical (unpaired) electrons. The van der Waals surface area contributed by atoms with Gasteiger partial charge in [0.15, 0.2) is 8.32 Å². The molecule has 0 spiro atoms. The van der Waals surface area contributed by atoms with Crippen molar-refractivity contribution in [3.63, 3.8) is 0 Å². The third-order valence-electron chi connectivity index (χ3n) is 3.36. The highest BCUT2D eigenvalue weighted by Crippen LogP contribution is 2.15. The molecule has 0 aliphatic heterocycles. The minimum atomic E-state index is -1.82. The van der Waals surface area contributed by atoms with E-state index in [1.807, 2.05) is 49.4 Å². The molecule has 0 amide bonds. The molecule has 0 aliphatic carbocycles. The van der Waals surface area contributed by atoms with Crippen LogP contribution in [0.3, 0.4) is 0 Å². The average molecular weight is 429 g/mol. The summed E-state index contributed by atoms with van der Waals surface area (Å²) >= 11 is 3.50. The highest BCUT2D eigenvalue weighted by molar-refractivity contribution is 9.09. The van der Waals surface area contributed by atoms with Crippen molar-refractivity contribution in [1.29, 1.82) is 0 Å². The van der Waals surface area contributed by atoms with Gasteiger partial charge in [-0.05, 0) is 32.0 Å². The molecule has 0 fully saturated rings. The minimum absolute atomic E-state index is 0.225. The molecular formula is C19H29BrO4Si. The third-order valence-corrected chi connectivity index (χ3v) is 8.99. The van der Waals surface area contributed by atoms with Crippen molar-refractivity contribution in [3.05, 3.63) is 48.0 Å². The Morgan fingerprint density at radius 1 is 1.28 bits per heavy atom. The van der Waals surface area contributed by atoms with Gasteiger partial charge in [-0.1, -0.05) is 58.4 Å². The first-order valence-electron chi connectivity index (χ1n) is 8.64. The van der Waals surface area contributed by atoms with Crippen LogP contribution in [0, 0.1) is 0 Å². The summed E-state index contributed by atoms with van der Waals surface area (Å²) in [6.45, 7) is 7.69. The van der Waals surface area contributed by atoms with Crippen LogP contribution in [0.2, 0.25) is 13.1 Å². The zero-order valence-corrected chi connectivity index (χ0v) is 18.0. The topological polar surface area (TPSA) is 44.8 Å². The van der Waals surface area contributed by atoms with Gasteiger partial charge in [0.2, 0.25) is 0 Å². The van der Waals surface area contributed by atoms with Crippen molar-refractivity contribution in [2.75, 3.05) is 18.2 Å². The van der Waals surface area contributed by atoms with Crippen LogP contribution >= 0.6 is 15.9 Å². The number of rotatable bonds is 12. The van der Waals surface area contributed by atoms with E-state index in [2.05, 4.69) is 29.0 Å². The second kappa shape index (κ2) is 12.4. The molecule has 25 heavy (non-hydrogen) atoms. The number of ether oxygens (including phenoxy) is 2. The predicted molar refractivity (Wildman–Crippen MR) is 107 cm³/mol. The largest absolute Gasteiger partial charge is 0.466 e. The highest BCUT2D eigenvalue weighted by atomic mass is 79.9. The first-order valence-corrected chi connectivity index (χ1v) is 12.9. The molecule has 0 aromatic heterocycles. The molecule has 4 nitrogen and oxygen atoms in total. The Morgan fingerprint density at radius 3 is 2.64 bits per heavy atom. The van der Waals surface area contributed by atoms with Gasteiger partial charge in [0.1, 0.15) is 0 Å². The fourth-order valence-corrected chi connectivity index (χ4v) is 3.58. The summed E-state index contributed by atoms with van der Waals surface area (Å²) < 4.78 is 16.8. The average Bonchev–Trinajstić information content (AvgIpc) is 2.58. The van der Waals surface area contributed by atoms with E-state index in [-0.39, 0.29) is 18.5 Å². The van der Waals surface area contributed by atoms with Crippen molar-refractivity contribution in [2.24, 2.45) is 0 Å². The molecule has 0 saturated carbocycles. The van der Waals surface area contributed by atoms with Gasteiger partial charge in [0.25, 0.3) is 0 Å². The zero-order valence-electron chi connectivity index (χ0n) is 15.4. The van der Waals surface area contributed by atoms with Gasteiger partial charge in [-0.15, -0.1) is 0 Å². The normalized spacial score (nSPS) is 13.1. The second-order valence-electron chi connectivity index (χ2n) is 6.31. The molecule has 0 bridgehead atoms. The van der Waals surface area contributed by atoms with Crippen LogP contribution in [-0.2, 0) is 25.3 Å². The van der Waals surface area contributed by atoms with Gasteiger partial charge in [-0.3, -0.25) is 4.79 Å². The lowest BCUT2D eigenvalue weighted by Crippen LogP contribution is -2.38. The smallest absolute Gasteiger partial charge is 0.308 e. The van der Waals surface area contributed by atoms with Gasteiger partial charge in [-0.2, -0.15) is 0 Å². The first-order chi connectivity index (χ1) is 12.0. The highest BCUT2D eigenvalue weighted by Gasteiger charge is 2.26. The molecule has 1 rings (SSSR count). The van der Waals surface area contributed by atoms with Gasteiger partial charge in [0, 0.05) is 4.95 Å². The summed E-state index contributed by atoms with van der Waals surface area (Å²) in [6, 6.07) is 10.1. The molecule has 6 heteroatoms. The van der Waals surface area contributed by atoms with Crippen molar-refractivity contribution < 1.29 is 18.7 Å². The summed E-state index contributed by atoms with van der Waals surface area (Å²) in [6.07, 6.45) is 4.77. The predicted octanol–water partition coefficient (Wildman–Crippen LogP) is 4.63. The minimum Gasteiger partial charge on any atom is -0.466 e. The number of carbonyl (C=O) groups excluding carboxylic acids is 1. The third kappa shape index (κ3) is 10.6. The lowest BCUT2D eigenvalue weighted by Gasteiger charge is -2.25. The van der Waals surface area contributed by atoms with Gasteiger partial charge >= 0.3 is 5.97 Å². The van der Waals surface area contributed by atoms with E-state index < -0.39 is 8.32 Å². The Balaban J connectivity index is 2.40. The SMILES string of the molecule is CCOC(=O)CC(/C=C/CCOCc1ccccc1)O[Si](C)(C)CBr. The fourth-order valence-electron chi connectivity index (χ4n) is 2.14. The Labute approximate surface area is 160 Å². The molecule has 140 valence electrons. The molecule has 1 unspecified atom stereocenters. The van der Waals surface area contributed by atoms with Crippen LogP contribution in [0.15, 0.2) is 42.5 Å². The number of benzene rings is 1. The molecule has 1 atom stereocenters. The number of hydrogen-bond donors (Lipinski definition) is 0. The summed E-state index contributed by atoms with van der Waals surface area (Å²) in [5.74, 6) is -0.225. The van der Waals surface area contributed by atoms with E-state index in [4.69, 9.17) is 13.9 Å². The monoisotopic (exact) mass is 428 g/mol. The molecule has 0 aliphatic rings. The maximum atomic E-state index is 11.8. The Hall–Kier alpha value is -0.953. The summed E-state index contributed by atoms with van der Waals surface area (Å²) in [7, 11) is -1.82. The van der Waals surface area contributed by atoms with Crippen LogP contribution in [0.4, 0.5) is 0 Å². The molecular weight excluding hydrogens is 400 g/mol. The van der Waals surface area contributed by atoms with Crippen LogP contribution in [0.25, 0.3) is 0 Å². The Kier molecular flexibility index (Phi) is 11.0. The second-order valence-corrected chi connectivity index (χ2v) is 12.0. The Bertz CT molecular complexity index is 519. The standard InChI is InChI=1S/C19H29BrO4Si/c1-4-23-19(21)14-18(24-25(2,3)16-20)12-8-9-13-22-15-17-10-6-5-7-11-17/h5-8,10-12,18H,4,9,13-16H2,1-3H3/b12-8+. The van der Waals surface area contributed by atoms with E-state index in [0.29, 0.717) is 19.8 Å². The number of halogens is 1. The van der Waals surface area contributed by atoms with Gasteiger partial charge < -0.3 is 13.9 Å². The fraction of sp³-hybridized carbons (Fsp3) is 0.526. The molecule has 0 heterocycles. The number of carbonyl (C=O) groups is 1. The van der Waals surface area contributed by atoms with E-state index in [9.17, 15) is 4.79 Å². The van der Waals surface area contributed by atoms with Crippen LogP contribution < -0.4 is 0 Å². The summed E-state index contributed by atoms with van der Waals surface area (Å²) in [5.41, 5.74) is 1.17. The van der Waals surface area contributed by atoms with Crippen molar-refractivity contribution in [2.45, 2.75) is 45.6 Å². The summed E-state index contributed by atoms with van der Waals surface area (Å²) in [5, 5.41) is 0. The van der Waals surface area contributed by atoms with Crippen molar-refractivity contribution >= 4 is 30.2 Å². The molecule has 1 aromatic carbocycles.